The lowest BCUT2D eigenvalue weighted by Crippen LogP contribution is -2.49. The van der Waals surface area contributed by atoms with Crippen LogP contribution in [0.3, 0.4) is 0 Å². The number of carbonyl (C=O) groups excluding carboxylic acids is 1. The molecule has 0 atom stereocenters. The Labute approximate surface area is 194 Å². The summed E-state index contributed by atoms with van der Waals surface area (Å²) in [7, 11) is 1.65. The highest BCUT2D eigenvalue weighted by Gasteiger charge is 2.25. The van der Waals surface area contributed by atoms with E-state index in [1.54, 1.807) is 12.0 Å². The third-order valence-electron chi connectivity index (χ3n) is 5.56. The van der Waals surface area contributed by atoms with Gasteiger partial charge in [-0.25, -0.2) is 4.79 Å². The van der Waals surface area contributed by atoms with Crippen LogP contribution in [-0.2, 0) is 11.3 Å². The molecule has 7 heteroatoms. The van der Waals surface area contributed by atoms with Crippen LogP contribution in [0.15, 0.2) is 59.1 Å². The Balaban J connectivity index is 1.34. The van der Waals surface area contributed by atoms with Gasteiger partial charge in [0.15, 0.2) is 5.76 Å². The number of benzene rings is 2. The molecule has 1 fully saturated rings. The van der Waals surface area contributed by atoms with Crippen molar-refractivity contribution < 1.29 is 18.8 Å². The normalized spacial score (nSPS) is 14.8. The minimum atomic E-state index is -0.465. The smallest absolute Gasteiger partial charge is 0.410 e. The molecule has 0 unspecified atom stereocenters. The Morgan fingerprint density at radius 3 is 2.39 bits per heavy atom. The molecule has 4 rings (SSSR count). The van der Waals surface area contributed by atoms with Crippen molar-refractivity contribution in [3.8, 4) is 28.3 Å². The van der Waals surface area contributed by atoms with Gasteiger partial charge in [-0.05, 0) is 38.5 Å². The molecule has 174 valence electrons. The lowest BCUT2D eigenvalue weighted by atomic mass is 10.1. The van der Waals surface area contributed by atoms with Crippen molar-refractivity contribution in [2.45, 2.75) is 32.9 Å². The molecule has 0 bridgehead atoms. The fraction of sp³-hybridized carbons (Fsp3) is 0.385. The SMILES string of the molecule is COc1ccccc1-c1cc(-c2ccc(CN3CCN(C(=O)OC(C)(C)C)CC3)cc2)on1. The Kier molecular flexibility index (Phi) is 6.70. The van der Waals surface area contributed by atoms with E-state index in [4.69, 9.17) is 14.0 Å². The molecule has 1 amide bonds. The first kappa shape index (κ1) is 22.9. The number of para-hydroxylation sites is 1. The highest BCUT2D eigenvalue weighted by atomic mass is 16.6. The van der Waals surface area contributed by atoms with Crippen molar-refractivity contribution in [2.24, 2.45) is 0 Å². The first-order valence-corrected chi connectivity index (χ1v) is 11.2. The Bertz CT molecular complexity index is 1080. The molecule has 1 aliphatic heterocycles. The van der Waals surface area contributed by atoms with Crippen LogP contribution in [0.25, 0.3) is 22.6 Å². The highest BCUT2D eigenvalue weighted by molar-refractivity contribution is 5.71. The van der Waals surface area contributed by atoms with E-state index >= 15 is 0 Å². The predicted molar refractivity (Wildman–Crippen MR) is 127 cm³/mol. The minimum absolute atomic E-state index is 0.231. The number of carbonyl (C=O) groups is 1. The van der Waals surface area contributed by atoms with Crippen molar-refractivity contribution >= 4 is 6.09 Å². The van der Waals surface area contributed by atoms with Crippen molar-refractivity contribution in [1.82, 2.24) is 15.0 Å². The second-order valence-corrected chi connectivity index (χ2v) is 9.22. The second-order valence-electron chi connectivity index (χ2n) is 9.22. The van der Waals surface area contributed by atoms with Gasteiger partial charge in [0.05, 0.1) is 7.11 Å². The van der Waals surface area contributed by atoms with Gasteiger partial charge in [0, 0.05) is 49.9 Å². The Hall–Kier alpha value is -3.32. The molecule has 0 radical (unpaired) electrons. The first-order valence-electron chi connectivity index (χ1n) is 11.2. The zero-order valence-electron chi connectivity index (χ0n) is 19.7. The molecule has 3 aromatic rings. The van der Waals surface area contributed by atoms with Gasteiger partial charge in [-0.15, -0.1) is 0 Å². The maximum atomic E-state index is 12.2. The number of ether oxygens (including phenoxy) is 2. The van der Waals surface area contributed by atoms with Gasteiger partial charge in [-0.2, -0.15) is 0 Å². The van der Waals surface area contributed by atoms with Crippen LogP contribution < -0.4 is 4.74 Å². The van der Waals surface area contributed by atoms with Crippen molar-refractivity contribution in [3.05, 3.63) is 60.2 Å². The van der Waals surface area contributed by atoms with Gasteiger partial charge in [0.25, 0.3) is 0 Å². The highest BCUT2D eigenvalue weighted by Crippen LogP contribution is 2.32. The average molecular weight is 450 g/mol. The van der Waals surface area contributed by atoms with E-state index in [-0.39, 0.29) is 6.09 Å². The fourth-order valence-electron chi connectivity index (χ4n) is 3.84. The van der Waals surface area contributed by atoms with E-state index in [0.717, 1.165) is 42.2 Å². The van der Waals surface area contributed by atoms with Crippen LogP contribution in [0.2, 0.25) is 0 Å². The standard InChI is InChI=1S/C26H31N3O4/c1-26(2,3)32-25(30)29-15-13-28(14-16-29)18-19-9-11-20(12-10-19)24-17-22(27-33-24)21-7-5-6-8-23(21)31-4/h5-12,17H,13-16,18H2,1-4H3. The van der Waals surface area contributed by atoms with Gasteiger partial charge < -0.3 is 18.9 Å². The van der Waals surface area contributed by atoms with Gasteiger partial charge in [-0.3, -0.25) is 4.90 Å². The molecule has 0 spiro atoms. The number of amides is 1. The molecule has 7 nitrogen and oxygen atoms in total. The van der Waals surface area contributed by atoms with Crippen LogP contribution in [0.4, 0.5) is 4.79 Å². The number of aromatic nitrogens is 1. The Morgan fingerprint density at radius 2 is 1.73 bits per heavy atom. The summed E-state index contributed by atoms with van der Waals surface area (Å²) in [6.07, 6.45) is -0.231. The van der Waals surface area contributed by atoms with Crippen LogP contribution in [-0.4, -0.2) is 59.9 Å². The topological polar surface area (TPSA) is 68.0 Å². The summed E-state index contributed by atoms with van der Waals surface area (Å²) in [4.78, 5) is 16.4. The molecule has 2 aromatic carbocycles. The maximum absolute atomic E-state index is 12.2. The van der Waals surface area contributed by atoms with Gasteiger partial charge in [0.2, 0.25) is 0 Å². The van der Waals surface area contributed by atoms with Crippen molar-refractivity contribution in [1.29, 1.82) is 0 Å². The molecule has 1 saturated heterocycles. The fourth-order valence-corrected chi connectivity index (χ4v) is 3.84. The lowest BCUT2D eigenvalue weighted by Gasteiger charge is -2.35. The molecular formula is C26H31N3O4. The number of rotatable bonds is 5. The molecule has 0 N–H and O–H groups in total. The van der Waals surface area contributed by atoms with Gasteiger partial charge in [-0.1, -0.05) is 41.6 Å². The number of methoxy groups -OCH3 is 1. The summed E-state index contributed by atoms with van der Waals surface area (Å²) in [5.74, 6) is 1.48. The van der Waals surface area contributed by atoms with E-state index < -0.39 is 5.60 Å². The summed E-state index contributed by atoms with van der Waals surface area (Å²) in [5.41, 5.74) is 3.37. The minimum Gasteiger partial charge on any atom is -0.496 e. The van der Waals surface area contributed by atoms with E-state index in [2.05, 4.69) is 34.3 Å². The average Bonchev–Trinajstić information content (AvgIpc) is 3.29. The number of hydrogen-bond donors (Lipinski definition) is 0. The summed E-state index contributed by atoms with van der Waals surface area (Å²) in [6, 6.07) is 18.0. The molecule has 1 aromatic heterocycles. The summed E-state index contributed by atoms with van der Waals surface area (Å²) in [6.45, 7) is 9.52. The third kappa shape index (κ3) is 5.73. The van der Waals surface area contributed by atoms with Crippen LogP contribution in [0.1, 0.15) is 26.3 Å². The van der Waals surface area contributed by atoms with Crippen LogP contribution >= 0.6 is 0 Å². The first-order chi connectivity index (χ1) is 15.8. The van der Waals surface area contributed by atoms with Crippen LogP contribution in [0.5, 0.6) is 5.75 Å². The zero-order chi connectivity index (χ0) is 23.4. The number of piperazine rings is 1. The van der Waals surface area contributed by atoms with Crippen molar-refractivity contribution in [3.63, 3.8) is 0 Å². The van der Waals surface area contributed by atoms with Gasteiger partial charge in [0.1, 0.15) is 17.0 Å². The monoisotopic (exact) mass is 449 g/mol. The van der Waals surface area contributed by atoms with E-state index in [1.165, 1.54) is 5.56 Å². The molecule has 0 aliphatic carbocycles. The zero-order valence-corrected chi connectivity index (χ0v) is 19.7. The van der Waals surface area contributed by atoms with E-state index in [0.29, 0.717) is 18.8 Å². The van der Waals surface area contributed by atoms with E-state index in [9.17, 15) is 4.79 Å². The van der Waals surface area contributed by atoms with Crippen LogP contribution in [0, 0.1) is 0 Å². The van der Waals surface area contributed by atoms with E-state index in [1.807, 2.05) is 51.1 Å². The number of nitrogens with zero attached hydrogens (tertiary/aromatic N) is 3. The molecule has 1 aliphatic rings. The third-order valence-corrected chi connectivity index (χ3v) is 5.56. The predicted octanol–water partition coefficient (Wildman–Crippen LogP) is 5.07. The molecule has 0 saturated carbocycles. The summed E-state index contributed by atoms with van der Waals surface area (Å²) < 4.78 is 16.5. The molecule has 33 heavy (non-hydrogen) atoms. The maximum Gasteiger partial charge on any atom is 0.410 e. The van der Waals surface area contributed by atoms with Crippen molar-refractivity contribution in [2.75, 3.05) is 33.3 Å². The summed E-state index contributed by atoms with van der Waals surface area (Å²) in [5, 5.41) is 4.23. The quantitative estimate of drug-likeness (QED) is 0.542. The second kappa shape index (κ2) is 9.67. The lowest BCUT2D eigenvalue weighted by molar-refractivity contribution is 0.0139. The molecule has 2 heterocycles. The Morgan fingerprint density at radius 1 is 1.03 bits per heavy atom. The van der Waals surface area contributed by atoms with Gasteiger partial charge >= 0.3 is 6.09 Å². The largest absolute Gasteiger partial charge is 0.496 e. The number of hydrogen-bond acceptors (Lipinski definition) is 6. The molecular weight excluding hydrogens is 418 g/mol. The summed E-state index contributed by atoms with van der Waals surface area (Å²) >= 11 is 0.